The van der Waals surface area contributed by atoms with E-state index in [1.54, 1.807) is 0 Å². The first-order chi connectivity index (χ1) is 39.0. The molecule has 464 valence electrons. The summed E-state index contributed by atoms with van der Waals surface area (Å²) >= 11 is 0. The summed E-state index contributed by atoms with van der Waals surface area (Å²) in [5.74, 6) is -0.851. The van der Waals surface area contributed by atoms with E-state index in [9.17, 15) is 14.4 Å². The summed E-state index contributed by atoms with van der Waals surface area (Å²) in [6, 6.07) is 0. The van der Waals surface area contributed by atoms with Crippen molar-refractivity contribution in [2.24, 2.45) is 0 Å². The minimum absolute atomic E-state index is 0.0672. The van der Waals surface area contributed by atoms with Crippen molar-refractivity contribution in [3.63, 3.8) is 0 Å². The molecule has 0 saturated heterocycles. The van der Waals surface area contributed by atoms with Crippen LogP contribution in [0, 0.1) is 0 Å². The van der Waals surface area contributed by atoms with Gasteiger partial charge in [0.05, 0.1) is 0 Å². The van der Waals surface area contributed by atoms with E-state index >= 15 is 0 Å². The first-order valence-corrected chi connectivity index (χ1v) is 35.5. The van der Waals surface area contributed by atoms with Gasteiger partial charge in [0.1, 0.15) is 13.2 Å². The van der Waals surface area contributed by atoms with E-state index < -0.39 is 6.10 Å². The molecule has 6 heteroatoms. The number of hydrogen-bond acceptors (Lipinski definition) is 6. The molecular weight excluding hydrogens is 973 g/mol. The monoisotopic (exact) mass is 1110 g/mol. The molecule has 0 bridgehead atoms. The average molecular weight is 1110 g/mol. The Labute approximate surface area is 493 Å². The van der Waals surface area contributed by atoms with Crippen LogP contribution >= 0.6 is 0 Å². The molecule has 0 aliphatic carbocycles. The van der Waals surface area contributed by atoms with Gasteiger partial charge in [-0.25, -0.2) is 0 Å². The van der Waals surface area contributed by atoms with Crippen LogP contribution in [0.25, 0.3) is 0 Å². The van der Waals surface area contributed by atoms with Crippen LogP contribution < -0.4 is 0 Å². The van der Waals surface area contributed by atoms with Gasteiger partial charge in [-0.2, -0.15) is 0 Å². The Morgan fingerprint density at radius 2 is 0.456 bits per heavy atom. The fraction of sp³-hybridized carbons (Fsp3) is 0.877. The predicted molar refractivity (Wildman–Crippen MR) is 344 cm³/mol. The van der Waals surface area contributed by atoms with E-state index in [4.69, 9.17) is 14.2 Å². The van der Waals surface area contributed by atoms with E-state index in [-0.39, 0.29) is 31.1 Å². The molecule has 0 spiro atoms. The lowest BCUT2D eigenvalue weighted by molar-refractivity contribution is -0.167. The fourth-order valence-electron chi connectivity index (χ4n) is 10.8. The summed E-state index contributed by atoms with van der Waals surface area (Å²) in [4.78, 5) is 38.1. The third kappa shape index (κ3) is 66.3. The highest BCUT2D eigenvalue weighted by atomic mass is 16.6. The number of esters is 3. The predicted octanol–water partition coefficient (Wildman–Crippen LogP) is 24.3. The molecule has 0 aromatic heterocycles. The zero-order valence-corrected chi connectivity index (χ0v) is 53.4. The smallest absolute Gasteiger partial charge is 0.306 e. The standard InChI is InChI=1S/C73H136O6/c1-4-7-10-13-16-18-20-22-24-26-28-30-32-34-36-37-38-40-41-43-45-47-49-51-53-55-57-60-63-66-72(75)78-69-70(68-77-71(74)65-62-59-15-12-9-6-3)79-73(76)67-64-61-58-56-54-52-50-48-46-44-42-39-35-33-31-29-27-25-23-21-19-17-14-11-8-5-2/h20,22,26,28,32,34,70H,4-19,21,23-25,27,29-31,33,35-69H2,1-3H3/b22-20-,28-26-,34-32-. The molecule has 0 rings (SSSR count). The van der Waals surface area contributed by atoms with Crippen LogP contribution in [-0.2, 0) is 28.6 Å². The van der Waals surface area contributed by atoms with Crippen LogP contribution in [0.4, 0.5) is 0 Å². The number of rotatable bonds is 66. The number of allylic oxidation sites excluding steroid dienone is 6. The van der Waals surface area contributed by atoms with Crippen molar-refractivity contribution in [1.82, 2.24) is 0 Å². The van der Waals surface area contributed by atoms with Crippen LogP contribution in [0.1, 0.15) is 393 Å². The zero-order valence-electron chi connectivity index (χ0n) is 53.4. The van der Waals surface area contributed by atoms with Gasteiger partial charge in [0, 0.05) is 19.3 Å². The molecule has 0 saturated carbocycles. The topological polar surface area (TPSA) is 78.9 Å². The molecule has 0 amide bonds. The van der Waals surface area contributed by atoms with Gasteiger partial charge in [-0.05, 0) is 57.8 Å². The van der Waals surface area contributed by atoms with Gasteiger partial charge in [0.2, 0.25) is 0 Å². The Hall–Kier alpha value is -2.37. The summed E-state index contributed by atoms with van der Waals surface area (Å²) in [6.45, 7) is 6.64. The molecule has 0 aliphatic heterocycles. The minimum atomic E-state index is -0.767. The van der Waals surface area contributed by atoms with Crippen LogP contribution in [-0.4, -0.2) is 37.2 Å². The summed E-state index contributed by atoms with van der Waals surface area (Å²) in [7, 11) is 0. The van der Waals surface area contributed by atoms with Gasteiger partial charge in [0.25, 0.3) is 0 Å². The summed E-state index contributed by atoms with van der Waals surface area (Å²) in [6.07, 6.45) is 85.1. The molecule has 0 N–H and O–H groups in total. The Kier molecular flexibility index (Phi) is 66.1. The van der Waals surface area contributed by atoms with Crippen molar-refractivity contribution in [1.29, 1.82) is 0 Å². The van der Waals surface area contributed by atoms with Crippen molar-refractivity contribution in [3.8, 4) is 0 Å². The van der Waals surface area contributed by atoms with Gasteiger partial charge < -0.3 is 14.2 Å². The van der Waals surface area contributed by atoms with E-state index in [1.165, 1.54) is 283 Å². The molecule has 0 aromatic carbocycles. The maximum Gasteiger partial charge on any atom is 0.306 e. The molecule has 79 heavy (non-hydrogen) atoms. The number of carbonyl (C=O) groups is 3. The number of carbonyl (C=O) groups excluding carboxylic acids is 3. The second-order valence-corrected chi connectivity index (χ2v) is 24.2. The SMILES string of the molecule is CCCCCCC/C=C\C/C=C\C/C=C\CCCCCCCCCCCCCCCCC(=O)OCC(COC(=O)CCCCCCCC)OC(=O)CCCCCCCCCCCCCCCCCCCCCCCCCCCC. The number of ether oxygens (including phenoxy) is 3. The Morgan fingerprint density at radius 3 is 0.709 bits per heavy atom. The second kappa shape index (κ2) is 68.1. The highest BCUT2D eigenvalue weighted by Crippen LogP contribution is 2.19. The molecular formula is C73H136O6. The van der Waals surface area contributed by atoms with Crippen LogP contribution in [0.5, 0.6) is 0 Å². The second-order valence-electron chi connectivity index (χ2n) is 24.2. The van der Waals surface area contributed by atoms with E-state index in [2.05, 4.69) is 57.2 Å². The molecule has 0 radical (unpaired) electrons. The maximum absolute atomic E-state index is 12.9. The third-order valence-corrected chi connectivity index (χ3v) is 16.1. The van der Waals surface area contributed by atoms with Crippen molar-refractivity contribution in [2.45, 2.75) is 399 Å². The third-order valence-electron chi connectivity index (χ3n) is 16.1. The van der Waals surface area contributed by atoms with Crippen molar-refractivity contribution < 1.29 is 28.6 Å². The van der Waals surface area contributed by atoms with Crippen LogP contribution in [0.3, 0.4) is 0 Å². The van der Waals surface area contributed by atoms with Crippen LogP contribution in [0.15, 0.2) is 36.5 Å². The molecule has 6 nitrogen and oxygen atoms in total. The molecule has 0 aliphatic rings. The largest absolute Gasteiger partial charge is 0.462 e. The van der Waals surface area contributed by atoms with E-state index in [0.717, 1.165) is 70.6 Å². The molecule has 0 aromatic rings. The lowest BCUT2D eigenvalue weighted by Crippen LogP contribution is -2.30. The highest BCUT2D eigenvalue weighted by molar-refractivity contribution is 5.71. The molecule has 1 atom stereocenters. The summed E-state index contributed by atoms with van der Waals surface area (Å²) < 4.78 is 16.9. The maximum atomic E-state index is 12.9. The lowest BCUT2D eigenvalue weighted by Gasteiger charge is -2.18. The zero-order chi connectivity index (χ0) is 57.1. The Morgan fingerprint density at radius 1 is 0.253 bits per heavy atom. The van der Waals surface area contributed by atoms with Crippen molar-refractivity contribution >= 4 is 17.9 Å². The lowest BCUT2D eigenvalue weighted by atomic mass is 10.0. The first kappa shape index (κ1) is 76.6. The number of hydrogen-bond donors (Lipinski definition) is 0. The molecule has 1 unspecified atom stereocenters. The van der Waals surface area contributed by atoms with E-state index in [1.807, 2.05) is 0 Å². The van der Waals surface area contributed by atoms with Gasteiger partial charge in [0.15, 0.2) is 6.10 Å². The number of unbranched alkanes of at least 4 members (excludes halogenated alkanes) is 49. The van der Waals surface area contributed by atoms with E-state index in [0.29, 0.717) is 19.3 Å². The first-order valence-electron chi connectivity index (χ1n) is 35.5. The van der Waals surface area contributed by atoms with Gasteiger partial charge in [-0.1, -0.05) is 353 Å². The van der Waals surface area contributed by atoms with Crippen molar-refractivity contribution in [2.75, 3.05) is 13.2 Å². The quantitative estimate of drug-likeness (QED) is 0.0261. The average Bonchev–Trinajstić information content (AvgIpc) is 3.45. The van der Waals surface area contributed by atoms with Gasteiger partial charge >= 0.3 is 17.9 Å². The molecule has 0 fully saturated rings. The van der Waals surface area contributed by atoms with Gasteiger partial charge in [-0.3, -0.25) is 14.4 Å². The summed E-state index contributed by atoms with van der Waals surface area (Å²) in [5.41, 5.74) is 0. The highest BCUT2D eigenvalue weighted by Gasteiger charge is 2.19. The van der Waals surface area contributed by atoms with Crippen LogP contribution in [0.2, 0.25) is 0 Å². The van der Waals surface area contributed by atoms with Crippen molar-refractivity contribution in [3.05, 3.63) is 36.5 Å². The van der Waals surface area contributed by atoms with Gasteiger partial charge in [-0.15, -0.1) is 0 Å². The fourth-order valence-corrected chi connectivity index (χ4v) is 10.8. The minimum Gasteiger partial charge on any atom is -0.462 e. The Balaban J connectivity index is 3.98. The Bertz CT molecular complexity index is 1320. The molecule has 0 heterocycles. The summed E-state index contributed by atoms with van der Waals surface area (Å²) in [5, 5.41) is 0. The normalized spacial score (nSPS) is 12.2.